The van der Waals surface area contributed by atoms with Crippen LogP contribution in [-0.2, 0) is 4.79 Å². The van der Waals surface area contributed by atoms with E-state index in [9.17, 15) is 9.90 Å². The van der Waals surface area contributed by atoms with Gasteiger partial charge in [0.05, 0.1) is 12.1 Å². The van der Waals surface area contributed by atoms with Crippen LogP contribution in [0.1, 0.15) is 20.3 Å². The van der Waals surface area contributed by atoms with Gasteiger partial charge in [0.1, 0.15) is 0 Å². The zero-order valence-electron chi connectivity index (χ0n) is 8.23. The van der Waals surface area contributed by atoms with Crippen LogP contribution in [0, 0.1) is 5.92 Å². The van der Waals surface area contributed by atoms with E-state index < -0.39 is 6.04 Å². The van der Waals surface area contributed by atoms with Gasteiger partial charge in [-0.25, -0.2) is 0 Å². The van der Waals surface area contributed by atoms with Crippen molar-refractivity contribution in [2.24, 2.45) is 11.7 Å². The third-order valence-electron chi connectivity index (χ3n) is 2.63. The maximum absolute atomic E-state index is 11.4. The molecule has 1 saturated heterocycles. The molecule has 0 bridgehead atoms. The SMILES string of the molecule is CCC1CN(C(=O)C(C)N)CC1O. The first-order valence-corrected chi connectivity index (χ1v) is 4.78. The quantitative estimate of drug-likeness (QED) is 0.614. The van der Waals surface area contributed by atoms with Gasteiger partial charge in [0.15, 0.2) is 0 Å². The maximum atomic E-state index is 11.4. The van der Waals surface area contributed by atoms with Gasteiger partial charge in [-0.2, -0.15) is 0 Å². The molecule has 0 spiro atoms. The Morgan fingerprint density at radius 3 is 2.69 bits per heavy atom. The van der Waals surface area contributed by atoms with Crippen LogP contribution < -0.4 is 5.73 Å². The molecule has 1 heterocycles. The van der Waals surface area contributed by atoms with E-state index in [-0.39, 0.29) is 17.9 Å². The molecule has 1 rings (SSSR count). The second-order valence-corrected chi connectivity index (χ2v) is 3.77. The number of rotatable bonds is 2. The largest absolute Gasteiger partial charge is 0.391 e. The molecular weight excluding hydrogens is 168 g/mol. The summed E-state index contributed by atoms with van der Waals surface area (Å²) in [5.41, 5.74) is 5.48. The van der Waals surface area contributed by atoms with Crippen LogP contribution in [0.25, 0.3) is 0 Å². The first kappa shape index (κ1) is 10.5. The number of β-amino-alcohol motifs (C(OH)–C–C–N with tert-alkyl or cyclic N) is 1. The molecule has 0 saturated carbocycles. The van der Waals surface area contributed by atoms with E-state index in [0.29, 0.717) is 13.1 Å². The Balaban J connectivity index is 2.53. The summed E-state index contributed by atoms with van der Waals surface area (Å²) in [4.78, 5) is 13.1. The molecule has 0 aromatic carbocycles. The molecule has 3 N–H and O–H groups in total. The summed E-state index contributed by atoms with van der Waals surface area (Å²) in [5.74, 6) is 0.165. The molecule has 76 valence electrons. The summed E-state index contributed by atoms with van der Waals surface area (Å²) in [6.07, 6.45) is 0.539. The van der Waals surface area contributed by atoms with Crippen molar-refractivity contribution >= 4 is 5.91 Å². The molecule has 1 aliphatic rings. The highest BCUT2D eigenvalue weighted by Crippen LogP contribution is 2.20. The fourth-order valence-corrected chi connectivity index (χ4v) is 1.72. The van der Waals surface area contributed by atoms with Gasteiger partial charge in [0, 0.05) is 19.0 Å². The summed E-state index contributed by atoms with van der Waals surface area (Å²) in [5, 5.41) is 9.56. The van der Waals surface area contributed by atoms with Gasteiger partial charge in [-0.1, -0.05) is 6.92 Å². The summed E-state index contributed by atoms with van der Waals surface area (Å²) in [6.45, 7) is 4.79. The van der Waals surface area contributed by atoms with Crippen molar-refractivity contribution in [3.63, 3.8) is 0 Å². The summed E-state index contributed by atoms with van der Waals surface area (Å²) in [7, 11) is 0. The zero-order valence-corrected chi connectivity index (χ0v) is 8.23. The van der Waals surface area contributed by atoms with Crippen LogP contribution in [0.3, 0.4) is 0 Å². The van der Waals surface area contributed by atoms with Gasteiger partial charge in [-0.05, 0) is 13.3 Å². The molecule has 1 fully saturated rings. The standard InChI is InChI=1S/C9H18N2O2/c1-3-7-4-11(5-8(7)12)9(13)6(2)10/h6-8,12H,3-5,10H2,1-2H3. The molecular formula is C9H18N2O2. The van der Waals surface area contributed by atoms with Gasteiger partial charge >= 0.3 is 0 Å². The lowest BCUT2D eigenvalue weighted by Crippen LogP contribution is -2.41. The van der Waals surface area contributed by atoms with E-state index >= 15 is 0 Å². The highest BCUT2D eigenvalue weighted by atomic mass is 16.3. The fraction of sp³-hybridized carbons (Fsp3) is 0.889. The second-order valence-electron chi connectivity index (χ2n) is 3.77. The predicted molar refractivity (Wildman–Crippen MR) is 50.0 cm³/mol. The van der Waals surface area contributed by atoms with Gasteiger partial charge in [0.25, 0.3) is 0 Å². The molecule has 4 nitrogen and oxygen atoms in total. The van der Waals surface area contributed by atoms with E-state index in [4.69, 9.17) is 5.73 Å². The Kier molecular flexibility index (Phi) is 3.27. The molecule has 13 heavy (non-hydrogen) atoms. The van der Waals surface area contributed by atoms with Crippen LogP contribution >= 0.6 is 0 Å². The fourth-order valence-electron chi connectivity index (χ4n) is 1.72. The van der Waals surface area contributed by atoms with E-state index in [0.717, 1.165) is 6.42 Å². The maximum Gasteiger partial charge on any atom is 0.239 e. The molecule has 0 aromatic rings. The van der Waals surface area contributed by atoms with Crippen molar-refractivity contribution in [1.29, 1.82) is 0 Å². The molecule has 3 atom stereocenters. The highest BCUT2D eigenvalue weighted by Gasteiger charge is 2.33. The van der Waals surface area contributed by atoms with Gasteiger partial charge in [-0.15, -0.1) is 0 Å². The van der Waals surface area contributed by atoms with Crippen LogP contribution in [0.4, 0.5) is 0 Å². The van der Waals surface area contributed by atoms with Crippen molar-refractivity contribution in [2.45, 2.75) is 32.4 Å². The Morgan fingerprint density at radius 1 is 1.69 bits per heavy atom. The number of likely N-dealkylation sites (tertiary alicyclic amines) is 1. The molecule has 0 aromatic heterocycles. The third-order valence-corrected chi connectivity index (χ3v) is 2.63. The lowest BCUT2D eigenvalue weighted by atomic mass is 10.0. The minimum atomic E-state index is -0.456. The summed E-state index contributed by atoms with van der Waals surface area (Å²) >= 11 is 0. The first-order valence-electron chi connectivity index (χ1n) is 4.78. The average Bonchev–Trinajstić information content (AvgIpc) is 2.45. The summed E-state index contributed by atoms with van der Waals surface area (Å²) in [6, 6.07) is -0.456. The monoisotopic (exact) mass is 186 g/mol. The summed E-state index contributed by atoms with van der Waals surface area (Å²) < 4.78 is 0. The highest BCUT2D eigenvalue weighted by molar-refractivity contribution is 5.81. The number of amides is 1. The van der Waals surface area contributed by atoms with Crippen molar-refractivity contribution in [3.05, 3.63) is 0 Å². The van der Waals surface area contributed by atoms with Crippen LogP contribution in [0.15, 0.2) is 0 Å². The Bertz CT molecular complexity index is 194. The molecule has 0 radical (unpaired) electrons. The molecule has 1 aliphatic heterocycles. The van der Waals surface area contributed by atoms with E-state index in [2.05, 4.69) is 0 Å². The van der Waals surface area contributed by atoms with Crippen molar-refractivity contribution < 1.29 is 9.90 Å². The van der Waals surface area contributed by atoms with Crippen LogP contribution in [0.2, 0.25) is 0 Å². The second kappa shape index (κ2) is 4.07. The first-order chi connectivity index (χ1) is 6.06. The number of hydrogen-bond donors (Lipinski definition) is 2. The number of carbonyl (C=O) groups excluding carboxylic acids is 1. The number of nitrogens with two attached hydrogens (primary N) is 1. The molecule has 1 amide bonds. The zero-order chi connectivity index (χ0) is 10.0. The van der Waals surface area contributed by atoms with Crippen molar-refractivity contribution in [3.8, 4) is 0 Å². The third kappa shape index (κ3) is 2.19. The van der Waals surface area contributed by atoms with E-state index in [1.165, 1.54) is 0 Å². The van der Waals surface area contributed by atoms with Gasteiger partial charge in [-0.3, -0.25) is 4.79 Å². The topological polar surface area (TPSA) is 66.6 Å². The number of hydrogen-bond acceptors (Lipinski definition) is 3. The minimum Gasteiger partial charge on any atom is -0.391 e. The minimum absolute atomic E-state index is 0.0602. The molecule has 4 heteroatoms. The lowest BCUT2D eigenvalue weighted by Gasteiger charge is -2.17. The van der Waals surface area contributed by atoms with Crippen molar-refractivity contribution in [1.82, 2.24) is 4.90 Å². The number of aliphatic hydroxyl groups excluding tert-OH is 1. The van der Waals surface area contributed by atoms with Gasteiger partial charge < -0.3 is 15.7 Å². The lowest BCUT2D eigenvalue weighted by molar-refractivity contribution is -0.131. The average molecular weight is 186 g/mol. The predicted octanol–water partition coefficient (Wildman–Crippen LogP) is -0.437. The normalized spacial score (nSPS) is 30.6. The molecule has 0 aliphatic carbocycles. The Hall–Kier alpha value is -0.610. The number of carbonyl (C=O) groups is 1. The van der Waals surface area contributed by atoms with Crippen molar-refractivity contribution in [2.75, 3.05) is 13.1 Å². The van der Waals surface area contributed by atoms with E-state index in [1.807, 2.05) is 6.92 Å². The Labute approximate surface area is 78.7 Å². The van der Waals surface area contributed by atoms with Crippen LogP contribution in [0.5, 0.6) is 0 Å². The van der Waals surface area contributed by atoms with Crippen LogP contribution in [-0.4, -0.2) is 41.1 Å². The van der Waals surface area contributed by atoms with Gasteiger partial charge in [0.2, 0.25) is 5.91 Å². The number of nitrogens with zero attached hydrogens (tertiary/aromatic N) is 1. The Morgan fingerprint density at radius 2 is 2.31 bits per heavy atom. The molecule has 3 unspecified atom stereocenters. The smallest absolute Gasteiger partial charge is 0.239 e. The number of aliphatic hydroxyl groups is 1. The van der Waals surface area contributed by atoms with E-state index in [1.54, 1.807) is 11.8 Å².